The van der Waals surface area contributed by atoms with Gasteiger partial charge in [0.15, 0.2) is 16.6 Å². The minimum absolute atomic E-state index is 0.110. The van der Waals surface area contributed by atoms with Crippen LogP contribution in [0.3, 0.4) is 0 Å². The number of ether oxygens (including phenoxy) is 2. The van der Waals surface area contributed by atoms with E-state index in [-0.39, 0.29) is 52.1 Å². The highest BCUT2D eigenvalue weighted by Crippen LogP contribution is 2.45. The lowest BCUT2D eigenvalue weighted by Crippen LogP contribution is -2.31. The molecule has 55 heavy (non-hydrogen) atoms. The third-order valence-corrected chi connectivity index (χ3v) is 11.4. The average molecular weight is 800 g/mol. The molecule has 2 fully saturated rings. The summed E-state index contributed by atoms with van der Waals surface area (Å²) in [6.45, 7) is 3.42. The zero-order valence-electron chi connectivity index (χ0n) is 29.9. The minimum Gasteiger partial charge on any atom is -0.481 e. The SMILES string of the molecule is COc1nc(O[C@H]2CCc3c(-c4cccc(-c5nc6c(=N)n(CCN7CC[C@@H](O)C7)cc(C(F)(F)F)c6o5)c4Cl)cccc32)c(Cl)cc1CN1CC[C@@H](O)C1. The Hall–Kier alpha value is -4.18. The summed E-state index contributed by atoms with van der Waals surface area (Å²) >= 11 is 13.8. The van der Waals surface area contributed by atoms with E-state index in [9.17, 15) is 23.4 Å². The maximum absolute atomic E-state index is 14.4. The number of likely N-dealkylation sites (tertiary alicyclic amines) is 2. The van der Waals surface area contributed by atoms with E-state index < -0.39 is 23.4 Å². The van der Waals surface area contributed by atoms with Crippen LogP contribution in [-0.2, 0) is 25.7 Å². The third-order valence-electron chi connectivity index (χ3n) is 10.7. The molecular formula is C39H39Cl2F3N6O5. The van der Waals surface area contributed by atoms with Crippen molar-refractivity contribution in [2.45, 2.75) is 63.3 Å². The lowest BCUT2D eigenvalue weighted by Gasteiger charge is -2.20. The fourth-order valence-electron chi connectivity index (χ4n) is 7.93. The lowest BCUT2D eigenvalue weighted by molar-refractivity contribution is -0.137. The Kier molecular flexibility index (Phi) is 10.3. The van der Waals surface area contributed by atoms with E-state index in [0.29, 0.717) is 74.9 Å². The van der Waals surface area contributed by atoms with Crippen LogP contribution in [0, 0.1) is 5.41 Å². The summed E-state index contributed by atoms with van der Waals surface area (Å²) in [7, 11) is 1.54. The van der Waals surface area contributed by atoms with E-state index in [1.165, 1.54) is 4.57 Å². The van der Waals surface area contributed by atoms with Gasteiger partial charge >= 0.3 is 6.18 Å². The van der Waals surface area contributed by atoms with Crippen LogP contribution in [0.15, 0.2) is 53.1 Å². The normalized spacial score (nSPS) is 20.5. The number of rotatable bonds is 10. The van der Waals surface area contributed by atoms with Crippen molar-refractivity contribution in [1.82, 2.24) is 24.3 Å². The number of aliphatic hydroxyl groups is 2. The molecule has 3 N–H and O–H groups in total. The van der Waals surface area contributed by atoms with Crippen LogP contribution in [0.1, 0.15) is 47.6 Å². The number of methoxy groups -OCH3 is 1. The summed E-state index contributed by atoms with van der Waals surface area (Å²) in [5.74, 6) is 0.508. The van der Waals surface area contributed by atoms with Crippen molar-refractivity contribution < 1.29 is 37.3 Å². The molecule has 0 spiro atoms. The summed E-state index contributed by atoms with van der Waals surface area (Å²) in [5.41, 5.74) is 2.46. The summed E-state index contributed by atoms with van der Waals surface area (Å²) in [6, 6.07) is 12.8. The standard InChI is InChI=1S/C39H39Cl2F3N6O5/c1-53-36-21(17-49-13-11-23(52)19-49)16-30(40)38(47-36)54-31-9-8-25-24(4-2-5-26(25)31)27-6-3-7-28(32(27)41)37-46-33-34(55-37)29(39(42,43)44)20-50(35(33)45)15-14-48-12-10-22(51)18-48/h2-7,16,20,22-23,31,45,51-52H,8-15,17-19H2,1H3/t22-,23-,31+/m1/s1. The van der Waals surface area contributed by atoms with Gasteiger partial charge in [-0.1, -0.05) is 53.5 Å². The summed E-state index contributed by atoms with van der Waals surface area (Å²) in [5, 5.41) is 29.2. The molecule has 11 nitrogen and oxygen atoms in total. The number of nitrogens with zero attached hydrogens (tertiary/aromatic N) is 5. The number of aromatic nitrogens is 3. The minimum atomic E-state index is -4.77. The Morgan fingerprint density at radius 1 is 0.927 bits per heavy atom. The Labute approximate surface area is 324 Å². The first-order valence-electron chi connectivity index (χ1n) is 18.2. The van der Waals surface area contributed by atoms with Crippen molar-refractivity contribution in [3.05, 3.63) is 86.4 Å². The number of hydrogen-bond acceptors (Lipinski definition) is 10. The van der Waals surface area contributed by atoms with Crippen LogP contribution in [-0.4, -0.2) is 86.6 Å². The van der Waals surface area contributed by atoms with Crippen molar-refractivity contribution >= 4 is 34.3 Å². The van der Waals surface area contributed by atoms with E-state index in [1.54, 1.807) is 25.3 Å². The molecule has 3 aliphatic rings. The number of β-amino-alcohol motifs (C(OH)–C–C–N with tert-alkyl or cyclic N) is 2. The zero-order chi connectivity index (χ0) is 38.6. The highest BCUT2D eigenvalue weighted by molar-refractivity contribution is 6.36. The third kappa shape index (κ3) is 7.43. The molecule has 2 aromatic carbocycles. The first-order valence-corrected chi connectivity index (χ1v) is 18.9. The maximum Gasteiger partial charge on any atom is 0.421 e. The molecule has 2 saturated heterocycles. The second kappa shape index (κ2) is 15.1. The smallest absolute Gasteiger partial charge is 0.421 e. The van der Waals surface area contributed by atoms with Gasteiger partial charge in [0.25, 0.3) is 0 Å². The van der Waals surface area contributed by atoms with E-state index in [1.807, 2.05) is 29.2 Å². The number of benzene rings is 2. The number of pyridine rings is 2. The van der Waals surface area contributed by atoms with E-state index in [4.69, 9.17) is 42.5 Å². The van der Waals surface area contributed by atoms with Gasteiger partial charge in [-0.05, 0) is 54.5 Å². The average Bonchev–Trinajstić information content (AvgIpc) is 3.96. The molecule has 290 valence electrons. The number of hydrogen-bond donors (Lipinski definition) is 3. The van der Waals surface area contributed by atoms with Crippen LogP contribution in [0.5, 0.6) is 11.8 Å². The van der Waals surface area contributed by atoms with Gasteiger partial charge in [0.2, 0.25) is 17.7 Å². The first-order chi connectivity index (χ1) is 26.4. The monoisotopic (exact) mass is 798 g/mol. The molecule has 8 rings (SSSR count). The molecule has 3 aromatic heterocycles. The topological polar surface area (TPSA) is 133 Å². The van der Waals surface area contributed by atoms with Gasteiger partial charge in [0, 0.05) is 63.1 Å². The Bertz CT molecular complexity index is 2320. The number of oxazole rings is 1. The second-order valence-electron chi connectivity index (χ2n) is 14.3. The Balaban J connectivity index is 1.09. The van der Waals surface area contributed by atoms with Crippen LogP contribution in [0.25, 0.3) is 33.7 Å². The van der Waals surface area contributed by atoms with Crippen LogP contribution in [0.4, 0.5) is 13.2 Å². The molecule has 0 bridgehead atoms. The second-order valence-corrected chi connectivity index (χ2v) is 15.1. The van der Waals surface area contributed by atoms with Crippen molar-refractivity contribution in [1.29, 1.82) is 5.41 Å². The van der Waals surface area contributed by atoms with E-state index >= 15 is 0 Å². The number of halogens is 5. The molecule has 0 unspecified atom stereocenters. The molecule has 2 aliphatic heterocycles. The van der Waals surface area contributed by atoms with Gasteiger partial charge in [-0.3, -0.25) is 15.2 Å². The molecular weight excluding hydrogens is 760 g/mol. The molecule has 0 amide bonds. The van der Waals surface area contributed by atoms with Gasteiger partial charge in [0.05, 0.1) is 29.9 Å². The molecule has 0 saturated carbocycles. The van der Waals surface area contributed by atoms with Gasteiger partial charge < -0.3 is 28.7 Å². The predicted molar refractivity (Wildman–Crippen MR) is 199 cm³/mol. The molecule has 3 atom stereocenters. The van der Waals surface area contributed by atoms with Crippen LogP contribution < -0.4 is 15.0 Å². The number of fused-ring (bicyclic) bond motifs is 2. The van der Waals surface area contributed by atoms with Crippen molar-refractivity contribution in [2.24, 2.45) is 0 Å². The summed E-state index contributed by atoms with van der Waals surface area (Å²) in [6.07, 6.45) is -2.48. The fraction of sp³-hybridized carbons (Fsp3) is 0.410. The van der Waals surface area contributed by atoms with E-state index in [0.717, 1.165) is 35.0 Å². The molecule has 1 aliphatic carbocycles. The first kappa shape index (κ1) is 37.7. The van der Waals surface area contributed by atoms with Crippen molar-refractivity contribution in [3.63, 3.8) is 0 Å². The van der Waals surface area contributed by atoms with Crippen molar-refractivity contribution in [2.75, 3.05) is 39.8 Å². The summed E-state index contributed by atoms with van der Waals surface area (Å²) in [4.78, 5) is 13.1. The van der Waals surface area contributed by atoms with Gasteiger partial charge in [-0.25, -0.2) is 4.98 Å². The molecule has 5 aromatic rings. The van der Waals surface area contributed by atoms with E-state index in [2.05, 4.69) is 14.9 Å². The van der Waals surface area contributed by atoms with Gasteiger partial charge in [-0.15, -0.1) is 0 Å². The number of aliphatic hydroxyl groups excluding tert-OH is 2. The highest BCUT2D eigenvalue weighted by atomic mass is 35.5. The number of nitrogens with one attached hydrogen (secondary N) is 1. The van der Waals surface area contributed by atoms with Crippen LogP contribution in [0.2, 0.25) is 10.0 Å². The Morgan fingerprint density at radius 2 is 1.64 bits per heavy atom. The molecule has 5 heterocycles. The molecule has 16 heteroatoms. The van der Waals surface area contributed by atoms with Crippen LogP contribution >= 0.6 is 23.2 Å². The lowest BCUT2D eigenvalue weighted by atomic mass is 9.95. The quantitative estimate of drug-likeness (QED) is 0.139. The summed E-state index contributed by atoms with van der Waals surface area (Å²) < 4.78 is 62.2. The van der Waals surface area contributed by atoms with Gasteiger partial charge in [0.1, 0.15) is 16.7 Å². The Morgan fingerprint density at radius 3 is 2.35 bits per heavy atom. The fourth-order valence-corrected chi connectivity index (χ4v) is 8.46. The van der Waals surface area contributed by atoms with Crippen molar-refractivity contribution in [3.8, 4) is 34.3 Å². The molecule has 0 radical (unpaired) electrons. The number of alkyl halides is 3. The van der Waals surface area contributed by atoms with Gasteiger partial charge in [-0.2, -0.15) is 18.2 Å². The predicted octanol–water partition coefficient (Wildman–Crippen LogP) is 6.87. The largest absolute Gasteiger partial charge is 0.481 e. The highest BCUT2D eigenvalue weighted by Gasteiger charge is 2.37. The zero-order valence-corrected chi connectivity index (χ0v) is 31.4. The maximum atomic E-state index is 14.4.